The molecule has 1 aliphatic rings. The molecule has 1 N–H and O–H groups in total. The third-order valence-electron chi connectivity index (χ3n) is 2.11. The van der Waals surface area contributed by atoms with Gasteiger partial charge < -0.3 is 5.11 Å². The summed E-state index contributed by atoms with van der Waals surface area (Å²) in [6, 6.07) is 0. The summed E-state index contributed by atoms with van der Waals surface area (Å²) in [5.41, 5.74) is 1.21. The van der Waals surface area contributed by atoms with Gasteiger partial charge in [-0.05, 0) is 25.2 Å². The lowest BCUT2D eigenvalue weighted by Crippen LogP contribution is -2.22. The van der Waals surface area contributed by atoms with Crippen LogP contribution in [0, 0.1) is 5.92 Å². The van der Waals surface area contributed by atoms with Crippen molar-refractivity contribution < 1.29 is 5.11 Å². The highest BCUT2D eigenvalue weighted by atomic mass is 16.3. The molecule has 2 atom stereocenters. The Morgan fingerprint density at radius 1 is 1.67 bits per heavy atom. The van der Waals surface area contributed by atoms with Crippen LogP contribution >= 0.6 is 0 Å². The van der Waals surface area contributed by atoms with Gasteiger partial charge in [0, 0.05) is 0 Å². The zero-order valence-corrected chi connectivity index (χ0v) is 5.93. The van der Waals surface area contributed by atoms with Crippen molar-refractivity contribution in [3.8, 4) is 0 Å². The van der Waals surface area contributed by atoms with Crippen LogP contribution < -0.4 is 0 Å². The third kappa shape index (κ3) is 1.55. The molecule has 0 heterocycles. The number of hydrogen-bond acceptors (Lipinski definition) is 1. The Morgan fingerprint density at radius 2 is 2.33 bits per heavy atom. The first-order valence-corrected chi connectivity index (χ1v) is 3.55. The van der Waals surface area contributed by atoms with Gasteiger partial charge in [0.25, 0.3) is 0 Å². The van der Waals surface area contributed by atoms with Gasteiger partial charge in [0.1, 0.15) is 0 Å². The topological polar surface area (TPSA) is 20.2 Å². The molecule has 0 radical (unpaired) electrons. The van der Waals surface area contributed by atoms with Crippen molar-refractivity contribution in [3.63, 3.8) is 0 Å². The molecule has 0 amide bonds. The largest absolute Gasteiger partial charge is 0.393 e. The molecule has 1 saturated carbocycles. The van der Waals surface area contributed by atoms with Crippen molar-refractivity contribution in [1.82, 2.24) is 0 Å². The van der Waals surface area contributed by atoms with E-state index in [1.165, 1.54) is 5.57 Å². The molecule has 0 aromatic rings. The molecule has 0 bridgehead atoms. The van der Waals surface area contributed by atoms with E-state index in [0.717, 1.165) is 19.3 Å². The van der Waals surface area contributed by atoms with Crippen LogP contribution in [-0.2, 0) is 0 Å². The van der Waals surface area contributed by atoms with Crippen LogP contribution in [0.4, 0.5) is 0 Å². The highest BCUT2D eigenvalue weighted by Crippen LogP contribution is 2.26. The SMILES string of the molecule is C=C1CC[C@@H](C)[C@H](O)C1. The van der Waals surface area contributed by atoms with E-state index in [1.807, 2.05) is 0 Å². The van der Waals surface area contributed by atoms with Crippen LogP contribution in [0.25, 0.3) is 0 Å². The van der Waals surface area contributed by atoms with Crippen molar-refractivity contribution in [1.29, 1.82) is 0 Å². The summed E-state index contributed by atoms with van der Waals surface area (Å²) in [5, 5.41) is 9.29. The Kier molecular flexibility index (Phi) is 1.91. The number of rotatable bonds is 0. The van der Waals surface area contributed by atoms with Gasteiger partial charge in [-0.3, -0.25) is 0 Å². The number of hydrogen-bond donors (Lipinski definition) is 1. The first-order chi connectivity index (χ1) is 4.20. The van der Waals surface area contributed by atoms with E-state index in [-0.39, 0.29) is 6.10 Å². The molecule has 0 aromatic carbocycles. The molecular weight excluding hydrogens is 112 g/mol. The second-order valence-electron chi connectivity index (χ2n) is 3.04. The van der Waals surface area contributed by atoms with E-state index in [9.17, 15) is 5.11 Å². The van der Waals surface area contributed by atoms with Crippen LogP contribution in [0.2, 0.25) is 0 Å². The molecule has 0 spiro atoms. The summed E-state index contributed by atoms with van der Waals surface area (Å²) in [6.07, 6.45) is 2.92. The Morgan fingerprint density at radius 3 is 2.78 bits per heavy atom. The predicted octanol–water partition coefficient (Wildman–Crippen LogP) is 1.72. The Labute approximate surface area is 56.4 Å². The average molecular weight is 126 g/mol. The van der Waals surface area contributed by atoms with Crippen molar-refractivity contribution in [2.45, 2.75) is 32.3 Å². The molecule has 1 heteroatoms. The van der Waals surface area contributed by atoms with Crippen LogP contribution in [0.15, 0.2) is 12.2 Å². The highest BCUT2D eigenvalue weighted by molar-refractivity contribution is 5.01. The zero-order valence-electron chi connectivity index (χ0n) is 5.93. The molecule has 0 aliphatic heterocycles. The molecular formula is C8H14O. The second kappa shape index (κ2) is 2.53. The lowest BCUT2D eigenvalue weighted by atomic mass is 9.85. The fraction of sp³-hybridized carbons (Fsp3) is 0.750. The minimum absolute atomic E-state index is 0.119. The third-order valence-corrected chi connectivity index (χ3v) is 2.11. The molecule has 52 valence electrons. The van der Waals surface area contributed by atoms with Gasteiger partial charge in [-0.15, -0.1) is 0 Å². The molecule has 0 unspecified atom stereocenters. The molecule has 1 rings (SSSR count). The van der Waals surface area contributed by atoms with Gasteiger partial charge in [-0.2, -0.15) is 0 Å². The first-order valence-electron chi connectivity index (χ1n) is 3.55. The monoisotopic (exact) mass is 126 g/mol. The Bertz CT molecular complexity index is 118. The van der Waals surface area contributed by atoms with E-state index >= 15 is 0 Å². The summed E-state index contributed by atoms with van der Waals surface area (Å²) in [5.74, 6) is 0.482. The van der Waals surface area contributed by atoms with Crippen molar-refractivity contribution in [3.05, 3.63) is 12.2 Å². The summed E-state index contributed by atoms with van der Waals surface area (Å²) >= 11 is 0. The van der Waals surface area contributed by atoms with Crippen LogP contribution in [-0.4, -0.2) is 11.2 Å². The lowest BCUT2D eigenvalue weighted by Gasteiger charge is -2.25. The lowest BCUT2D eigenvalue weighted by molar-refractivity contribution is 0.0981. The normalized spacial score (nSPS) is 36.9. The number of aliphatic hydroxyl groups excluding tert-OH is 1. The van der Waals surface area contributed by atoms with E-state index in [0.29, 0.717) is 5.92 Å². The van der Waals surface area contributed by atoms with Gasteiger partial charge in [0.2, 0.25) is 0 Å². The minimum Gasteiger partial charge on any atom is -0.393 e. The van der Waals surface area contributed by atoms with Gasteiger partial charge >= 0.3 is 0 Å². The summed E-state index contributed by atoms with van der Waals surface area (Å²) in [4.78, 5) is 0. The van der Waals surface area contributed by atoms with Crippen molar-refractivity contribution in [2.24, 2.45) is 5.92 Å². The fourth-order valence-corrected chi connectivity index (χ4v) is 1.22. The quantitative estimate of drug-likeness (QED) is 0.490. The van der Waals surface area contributed by atoms with Crippen LogP contribution in [0.5, 0.6) is 0 Å². The smallest absolute Gasteiger partial charge is 0.0602 e. The van der Waals surface area contributed by atoms with Crippen molar-refractivity contribution >= 4 is 0 Å². The predicted molar refractivity (Wildman–Crippen MR) is 38.2 cm³/mol. The summed E-state index contributed by atoms with van der Waals surface area (Å²) in [7, 11) is 0. The maximum absolute atomic E-state index is 9.29. The van der Waals surface area contributed by atoms with Gasteiger partial charge in [0.15, 0.2) is 0 Å². The molecule has 9 heavy (non-hydrogen) atoms. The second-order valence-corrected chi connectivity index (χ2v) is 3.04. The zero-order chi connectivity index (χ0) is 6.85. The summed E-state index contributed by atoms with van der Waals surface area (Å²) in [6.45, 7) is 5.93. The van der Waals surface area contributed by atoms with E-state index in [1.54, 1.807) is 0 Å². The highest BCUT2D eigenvalue weighted by Gasteiger charge is 2.19. The fourth-order valence-electron chi connectivity index (χ4n) is 1.22. The van der Waals surface area contributed by atoms with Crippen LogP contribution in [0.1, 0.15) is 26.2 Å². The van der Waals surface area contributed by atoms with E-state index in [2.05, 4.69) is 13.5 Å². The minimum atomic E-state index is -0.119. The van der Waals surface area contributed by atoms with Crippen molar-refractivity contribution in [2.75, 3.05) is 0 Å². The average Bonchev–Trinajstić information content (AvgIpc) is 1.80. The van der Waals surface area contributed by atoms with Gasteiger partial charge in [-0.25, -0.2) is 0 Å². The first kappa shape index (κ1) is 6.81. The van der Waals surface area contributed by atoms with E-state index in [4.69, 9.17) is 0 Å². The Hall–Kier alpha value is -0.300. The Balaban J connectivity index is 2.44. The maximum Gasteiger partial charge on any atom is 0.0602 e. The summed E-state index contributed by atoms with van der Waals surface area (Å²) < 4.78 is 0. The van der Waals surface area contributed by atoms with Crippen LogP contribution in [0.3, 0.4) is 0 Å². The molecule has 0 aromatic heterocycles. The molecule has 0 saturated heterocycles. The molecule has 1 aliphatic carbocycles. The standard InChI is InChI=1S/C8H14O/c1-6-3-4-7(2)8(9)5-6/h7-9H,1,3-5H2,2H3/t7-,8-/m1/s1. The maximum atomic E-state index is 9.29. The van der Waals surface area contributed by atoms with E-state index < -0.39 is 0 Å². The van der Waals surface area contributed by atoms with Gasteiger partial charge in [0.05, 0.1) is 6.10 Å². The number of aliphatic hydroxyl groups is 1. The van der Waals surface area contributed by atoms with Gasteiger partial charge in [-0.1, -0.05) is 19.1 Å². The molecule has 1 fully saturated rings. The molecule has 1 nitrogen and oxygen atoms in total.